The maximum Gasteiger partial charge on any atom is 0.164 e. The van der Waals surface area contributed by atoms with E-state index < -0.39 is 5.79 Å². The molecule has 1 aliphatic rings. The number of benzene rings is 2. The van der Waals surface area contributed by atoms with Gasteiger partial charge in [0.25, 0.3) is 0 Å². The summed E-state index contributed by atoms with van der Waals surface area (Å²) in [5.41, 5.74) is 2.18. The van der Waals surface area contributed by atoms with Crippen LogP contribution in [0.25, 0.3) is 0 Å². The quantitative estimate of drug-likeness (QED) is 0.508. The highest BCUT2D eigenvalue weighted by Crippen LogP contribution is 2.34. The van der Waals surface area contributed by atoms with E-state index in [4.69, 9.17) is 28.4 Å². The Bertz CT molecular complexity index is 688. The van der Waals surface area contributed by atoms with E-state index in [1.165, 1.54) is 0 Å². The molecule has 0 bridgehead atoms. The zero-order chi connectivity index (χ0) is 22.1. The van der Waals surface area contributed by atoms with Crippen LogP contribution in [0.2, 0.25) is 0 Å². The van der Waals surface area contributed by atoms with Gasteiger partial charge in [-0.1, -0.05) is 60.7 Å². The van der Waals surface area contributed by atoms with E-state index in [1.807, 2.05) is 74.5 Å². The van der Waals surface area contributed by atoms with E-state index in [1.54, 1.807) is 14.2 Å². The molecule has 0 aromatic heterocycles. The Kier molecular flexibility index (Phi) is 9.02. The normalized spacial score (nSPS) is 22.3. The molecule has 0 unspecified atom stereocenters. The fourth-order valence-electron chi connectivity index (χ4n) is 3.75. The van der Waals surface area contributed by atoms with E-state index >= 15 is 0 Å². The summed E-state index contributed by atoms with van der Waals surface area (Å²) >= 11 is 0. The lowest BCUT2D eigenvalue weighted by molar-refractivity contribution is -0.171. The molecule has 31 heavy (non-hydrogen) atoms. The first-order chi connectivity index (χ1) is 15.0. The lowest BCUT2D eigenvalue weighted by atomic mass is 10.0. The van der Waals surface area contributed by atoms with Gasteiger partial charge < -0.3 is 28.4 Å². The van der Waals surface area contributed by atoms with Crippen LogP contribution in [-0.2, 0) is 41.6 Å². The van der Waals surface area contributed by atoms with Gasteiger partial charge in [-0.05, 0) is 25.0 Å². The lowest BCUT2D eigenvalue weighted by Gasteiger charge is -2.30. The van der Waals surface area contributed by atoms with Crippen molar-refractivity contribution >= 4 is 0 Å². The molecule has 2 aromatic rings. The maximum atomic E-state index is 6.28. The minimum absolute atomic E-state index is 0.323. The van der Waals surface area contributed by atoms with E-state index in [9.17, 15) is 0 Å². The van der Waals surface area contributed by atoms with Crippen molar-refractivity contribution in [3.8, 4) is 0 Å². The Morgan fingerprint density at radius 2 is 1.10 bits per heavy atom. The molecule has 1 fully saturated rings. The molecule has 0 radical (unpaired) electrons. The molecule has 2 aromatic carbocycles. The number of ether oxygens (including phenoxy) is 6. The van der Waals surface area contributed by atoms with Crippen molar-refractivity contribution in [1.82, 2.24) is 0 Å². The van der Waals surface area contributed by atoms with E-state index in [2.05, 4.69) is 0 Å². The van der Waals surface area contributed by atoms with Crippen LogP contribution in [0.1, 0.15) is 25.0 Å². The van der Waals surface area contributed by atoms with Gasteiger partial charge >= 0.3 is 0 Å². The minimum Gasteiger partial charge on any atom is -0.382 e. The molecule has 1 saturated heterocycles. The van der Waals surface area contributed by atoms with Crippen LogP contribution in [-0.4, -0.2) is 57.6 Å². The van der Waals surface area contributed by atoms with Crippen molar-refractivity contribution in [2.24, 2.45) is 0 Å². The molecule has 4 atom stereocenters. The molecular weight excluding hydrogens is 396 g/mol. The fourth-order valence-corrected chi connectivity index (χ4v) is 3.75. The van der Waals surface area contributed by atoms with Crippen LogP contribution in [0.5, 0.6) is 0 Å². The molecule has 3 rings (SSSR count). The third kappa shape index (κ3) is 7.10. The summed E-state index contributed by atoms with van der Waals surface area (Å²) in [4.78, 5) is 0. The molecule has 6 nitrogen and oxygen atoms in total. The van der Waals surface area contributed by atoms with Crippen LogP contribution in [0.4, 0.5) is 0 Å². The lowest BCUT2D eigenvalue weighted by Crippen LogP contribution is -2.47. The van der Waals surface area contributed by atoms with E-state index in [0.717, 1.165) is 11.1 Å². The Morgan fingerprint density at radius 1 is 0.710 bits per heavy atom. The molecule has 0 N–H and O–H groups in total. The van der Waals surface area contributed by atoms with Gasteiger partial charge in [0.1, 0.15) is 24.4 Å². The van der Waals surface area contributed by atoms with Gasteiger partial charge in [-0.15, -0.1) is 0 Å². The molecule has 0 amide bonds. The van der Waals surface area contributed by atoms with Gasteiger partial charge in [0, 0.05) is 14.2 Å². The Labute approximate surface area is 185 Å². The molecule has 0 saturated carbocycles. The van der Waals surface area contributed by atoms with Crippen molar-refractivity contribution < 1.29 is 28.4 Å². The fraction of sp³-hybridized carbons (Fsp3) is 0.520. The summed E-state index contributed by atoms with van der Waals surface area (Å²) in [6.07, 6.45) is -1.38. The second-order valence-electron chi connectivity index (χ2n) is 8.15. The maximum absolute atomic E-state index is 6.28. The summed E-state index contributed by atoms with van der Waals surface area (Å²) in [6.45, 7) is 5.49. The van der Waals surface area contributed by atoms with Crippen LogP contribution < -0.4 is 0 Å². The van der Waals surface area contributed by atoms with Gasteiger partial charge in [-0.2, -0.15) is 0 Å². The second kappa shape index (κ2) is 11.7. The van der Waals surface area contributed by atoms with Crippen molar-refractivity contribution in [2.75, 3.05) is 27.4 Å². The monoisotopic (exact) mass is 430 g/mol. The van der Waals surface area contributed by atoms with Gasteiger partial charge in [-0.3, -0.25) is 0 Å². The van der Waals surface area contributed by atoms with Crippen LogP contribution in [0.3, 0.4) is 0 Å². The zero-order valence-electron chi connectivity index (χ0n) is 18.9. The molecule has 1 heterocycles. The molecule has 170 valence electrons. The third-order valence-corrected chi connectivity index (χ3v) is 5.17. The summed E-state index contributed by atoms with van der Waals surface area (Å²) in [5, 5.41) is 0. The topological polar surface area (TPSA) is 55.4 Å². The first-order valence-electron chi connectivity index (χ1n) is 10.7. The van der Waals surface area contributed by atoms with Gasteiger partial charge in [-0.25, -0.2) is 0 Å². The van der Waals surface area contributed by atoms with Gasteiger partial charge in [0.15, 0.2) is 5.79 Å². The smallest absolute Gasteiger partial charge is 0.164 e. The van der Waals surface area contributed by atoms with Crippen molar-refractivity contribution in [1.29, 1.82) is 0 Å². The number of hydrogen-bond donors (Lipinski definition) is 0. The Balaban J connectivity index is 1.73. The molecule has 0 spiro atoms. The Morgan fingerprint density at radius 3 is 1.45 bits per heavy atom. The number of hydrogen-bond acceptors (Lipinski definition) is 6. The highest BCUT2D eigenvalue weighted by atomic mass is 16.8. The zero-order valence-corrected chi connectivity index (χ0v) is 18.9. The van der Waals surface area contributed by atoms with Crippen molar-refractivity contribution in [2.45, 2.75) is 57.3 Å². The predicted molar refractivity (Wildman–Crippen MR) is 118 cm³/mol. The average molecular weight is 431 g/mol. The Hall–Kier alpha value is -1.80. The van der Waals surface area contributed by atoms with Gasteiger partial charge in [0.2, 0.25) is 0 Å². The summed E-state index contributed by atoms with van der Waals surface area (Å²) in [5.74, 6) is -0.764. The standard InChI is InChI=1S/C25H34O6/c1-25(2)30-23(21(17-26-3)28-15-19-11-7-5-8-12-19)24(31-25)22(18-27-4)29-16-20-13-9-6-10-14-20/h5-14,21-24H,15-18H2,1-4H3/t21-,22-,23-,24-/m1/s1. The SMILES string of the molecule is COC[C@@H](OCc1ccccc1)[C@H]1OC(C)(C)O[C@@H]1[C@@H](COC)OCc1ccccc1. The molecule has 1 aliphatic heterocycles. The summed E-state index contributed by atoms with van der Waals surface area (Å²) in [6, 6.07) is 20.1. The average Bonchev–Trinajstić information content (AvgIpc) is 3.10. The van der Waals surface area contributed by atoms with Crippen LogP contribution in [0.15, 0.2) is 60.7 Å². The first kappa shape index (κ1) is 23.9. The van der Waals surface area contributed by atoms with E-state index in [0.29, 0.717) is 26.4 Å². The van der Waals surface area contributed by atoms with Crippen LogP contribution >= 0.6 is 0 Å². The summed E-state index contributed by atoms with van der Waals surface area (Å²) < 4.78 is 36.0. The summed E-state index contributed by atoms with van der Waals surface area (Å²) in [7, 11) is 3.32. The minimum atomic E-state index is -0.764. The van der Waals surface area contributed by atoms with Gasteiger partial charge in [0.05, 0.1) is 26.4 Å². The predicted octanol–water partition coefficient (Wildman–Crippen LogP) is 3.97. The van der Waals surface area contributed by atoms with Crippen molar-refractivity contribution in [3.63, 3.8) is 0 Å². The highest BCUT2D eigenvalue weighted by Gasteiger charge is 2.49. The molecular formula is C25H34O6. The second-order valence-corrected chi connectivity index (χ2v) is 8.15. The molecule has 0 aliphatic carbocycles. The van der Waals surface area contributed by atoms with E-state index in [-0.39, 0.29) is 24.4 Å². The third-order valence-electron chi connectivity index (χ3n) is 5.17. The first-order valence-corrected chi connectivity index (χ1v) is 10.7. The van der Waals surface area contributed by atoms with Crippen molar-refractivity contribution in [3.05, 3.63) is 71.8 Å². The largest absolute Gasteiger partial charge is 0.382 e. The highest BCUT2D eigenvalue weighted by molar-refractivity contribution is 5.14. The number of rotatable bonds is 12. The number of methoxy groups -OCH3 is 2. The molecule has 6 heteroatoms. The van der Waals surface area contributed by atoms with Crippen LogP contribution in [0, 0.1) is 0 Å².